The van der Waals surface area contributed by atoms with Gasteiger partial charge in [0.05, 0.1) is 28.5 Å². The van der Waals surface area contributed by atoms with Crippen LogP contribution in [-0.4, -0.2) is 23.4 Å². The van der Waals surface area contributed by atoms with E-state index in [0.717, 1.165) is 16.0 Å². The molecule has 0 bridgehead atoms. The number of thioether (sulfide) groups is 1. The number of ether oxygens (including phenoxy) is 1. The van der Waals surface area contributed by atoms with Crippen molar-refractivity contribution in [2.45, 2.75) is 17.9 Å². The molecule has 5 nitrogen and oxygen atoms in total. The summed E-state index contributed by atoms with van der Waals surface area (Å²) in [4.78, 5) is 33.6. The fourth-order valence-corrected chi connectivity index (χ4v) is 5.66. The molecule has 186 valence electrons. The van der Waals surface area contributed by atoms with E-state index in [1.165, 1.54) is 28.0 Å². The highest BCUT2D eigenvalue weighted by Gasteiger charge is 2.35. The Bertz CT molecular complexity index is 1660. The van der Waals surface area contributed by atoms with E-state index in [1.54, 1.807) is 30.8 Å². The molecule has 2 heterocycles. The van der Waals surface area contributed by atoms with Crippen LogP contribution in [0.5, 0.6) is 0 Å². The van der Waals surface area contributed by atoms with Gasteiger partial charge in [0, 0.05) is 10.5 Å². The molecule has 0 radical (unpaired) electrons. The van der Waals surface area contributed by atoms with Crippen molar-refractivity contribution in [1.82, 2.24) is 4.57 Å². The highest BCUT2D eigenvalue weighted by Crippen LogP contribution is 2.35. The van der Waals surface area contributed by atoms with Gasteiger partial charge < -0.3 is 4.74 Å². The third kappa shape index (κ3) is 4.95. The largest absolute Gasteiger partial charge is 0.463 e. The molecule has 1 aliphatic rings. The molecule has 1 aromatic heterocycles. The number of hydrogen-bond acceptors (Lipinski definition) is 6. The average molecular weight is 531 g/mol. The van der Waals surface area contributed by atoms with Gasteiger partial charge in [0.1, 0.15) is 5.82 Å². The maximum Gasteiger partial charge on any atom is 0.338 e. The van der Waals surface area contributed by atoms with Crippen LogP contribution in [0.1, 0.15) is 29.7 Å². The van der Waals surface area contributed by atoms with Crippen molar-refractivity contribution >= 4 is 40.8 Å². The summed E-state index contributed by atoms with van der Waals surface area (Å²) in [6.45, 7) is 1.89. The van der Waals surface area contributed by atoms with Gasteiger partial charge in [-0.05, 0) is 54.6 Å². The second-order valence-corrected chi connectivity index (χ2v) is 10.1. The van der Waals surface area contributed by atoms with Crippen molar-refractivity contribution in [3.8, 4) is 0 Å². The summed E-state index contributed by atoms with van der Waals surface area (Å²) in [6, 6.07) is 22.2. The number of carbonyl (C=O) groups excluding carboxylic acids is 1. The summed E-state index contributed by atoms with van der Waals surface area (Å²) in [7, 11) is 0. The fraction of sp³-hybridized carbons (Fsp3) is 0.138. The van der Waals surface area contributed by atoms with E-state index in [4.69, 9.17) is 9.73 Å². The first-order valence-corrected chi connectivity index (χ1v) is 13.7. The van der Waals surface area contributed by atoms with Gasteiger partial charge in [0.2, 0.25) is 0 Å². The lowest BCUT2D eigenvalue weighted by Gasteiger charge is -2.25. The van der Waals surface area contributed by atoms with Gasteiger partial charge in [-0.1, -0.05) is 65.9 Å². The number of halogens is 1. The number of aromatic nitrogens is 1. The SMILES string of the molecule is CCOC(=O)C1=C(c2ccccc2)N=c2s/c(=C\c3ccc(SC)cc3)c(=O)n2[C@H]1c1ccc(F)cc1. The van der Waals surface area contributed by atoms with E-state index in [9.17, 15) is 14.0 Å². The Balaban J connectivity index is 1.80. The predicted octanol–water partition coefficient (Wildman–Crippen LogP) is 4.80. The lowest BCUT2D eigenvalue weighted by atomic mass is 9.93. The molecule has 0 amide bonds. The van der Waals surface area contributed by atoms with Crippen LogP contribution >= 0.6 is 23.1 Å². The molecule has 0 unspecified atom stereocenters. The summed E-state index contributed by atoms with van der Waals surface area (Å²) in [5.74, 6) is -0.976. The minimum absolute atomic E-state index is 0.164. The van der Waals surface area contributed by atoms with Crippen molar-refractivity contribution in [3.63, 3.8) is 0 Å². The molecule has 4 aromatic rings. The number of fused-ring (bicyclic) bond motifs is 1. The lowest BCUT2D eigenvalue weighted by molar-refractivity contribution is -0.138. The minimum atomic E-state index is -0.827. The molecule has 0 saturated heterocycles. The van der Waals surface area contributed by atoms with Gasteiger partial charge >= 0.3 is 5.97 Å². The molecule has 0 saturated carbocycles. The first kappa shape index (κ1) is 24.9. The first-order valence-electron chi connectivity index (χ1n) is 11.7. The molecular weight excluding hydrogens is 507 g/mol. The van der Waals surface area contributed by atoms with Gasteiger partial charge in [0.15, 0.2) is 4.80 Å². The molecule has 1 atom stereocenters. The Morgan fingerprint density at radius 1 is 1.08 bits per heavy atom. The Labute approximate surface area is 221 Å². The number of nitrogens with zero attached hydrogens (tertiary/aromatic N) is 2. The van der Waals surface area contributed by atoms with Gasteiger partial charge in [-0.25, -0.2) is 14.2 Å². The summed E-state index contributed by atoms with van der Waals surface area (Å²) in [6.07, 6.45) is 3.83. The predicted molar refractivity (Wildman–Crippen MR) is 146 cm³/mol. The number of esters is 1. The molecule has 0 aliphatic carbocycles. The van der Waals surface area contributed by atoms with Gasteiger partial charge in [-0.2, -0.15) is 0 Å². The summed E-state index contributed by atoms with van der Waals surface area (Å²) < 4.78 is 21.3. The molecule has 0 N–H and O–H groups in total. The maximum absolute atomic E-state index is 13.9. The molecular formula is C29H23FN2O3S2. The van der Waals surface area contributed by atoms with Crippen LogP contribution in [0.15, 0.2) is 99.1 Å². The molecule has 0 spiro atoms. The Morgan fingerprint density at radius 2 is 1.78 bits per heavy atom. The topological polar surface area (TPSA) is 60.7 Å². The van der Waals surface area contributed by atoms with Gasteiger partial charge in [-0.3, -0.25) is 9.36 Å². The van der Waals surface area contributed by atoms with Crippen LogP contribution in [0.4, 0.5) is 4.39 Å². The van der Waals surface area contributed by atoms with E-state index in [0.29, 0.717) is 20.6 Å². The molecule has 3 aromatic carbocycles. The molecule has 0 fully saturated rings. The molecule has 5 rings (SSSR count). The van der Waals surface area contributed by atoms with Gasteiger partial charge in [0.25, 0.3) is 5.56 Å². The van der Waals surface area contributed by atoms with Crippen LogP contribution in [0, 0.1) is 5.82 Å². The van der Waals surface area contributed by atoms with Crippen molar-refractivity contribution in [3.05, 3.63) is 127 Å². The van der Waals surface area contributed by atoms with E-state index < -0.39 is 17.8 Å². The third-order valence-electron chi connectivity index (χ3n) is 5.97. The third-order valence-corrected chi connectivity index (χ3v) is 7.70. The monoisotopic (exact) mass is 530 g/mol. The van der Waals surface area contributed by atoms with Crippen molar-refractivity contribution in [2.24, 2.45) is 4.99 Å². The van der Waals surface area contributed by atoms with E-state index in [-0.39, 0.29) is 17.7 Å². The quantitative estimate of drug-likeness (QED) is 0.266. The second-order valence-electron chi connectivity index (χ2n) is 8.26. The number of rotatable bonds is 6. The van der Waals surface area contributed by atoms with E-state index in [2.05, 4.69) is 0 Å². The Kier molecular flexibility index (Phi) is 7.21. The second kappa shape index (κ2) is 10.7. The zero-order valence-corrected chi connectivity index (χ0v) is 21.8. The standard InChI is InChI=1S/C29H23FN2O3S2/c1-3-35-28(34)24-25(19-7-5-4-6-8-19)31-29-32(26(24)20-11-13-21(30)14-12-20)27(33)23(37-29)17-18-9-15-22(36-2)16-10-18/h4-17,26H,3H2,1-2H3/b23-17-/t26-/m0/s1. The molecule has 8 heteroatoms. The Hall–Kier alpha value is -3.75. The number of benzene rings is 3. The van der Waals surface area contributed by atoms with Crippen LogP contribution in [0.3, 0.4) is 0 Å². The molecule has 1 aliphatic heterocycles. The Morgan fingerprint density at radius 3 is 2.43 bits per heavy atom. The van der Waals surface area contributed by atoms with Crippen molar-refractivity contribution < 1.29 is 13.9 Å². The zero-order valence-electron chi connectivity index (χ0n) is 20.2. The zero-order chi connectivity index (χ0) is 25.9. The highest BCUT2D eigenvalue weighted by atomic mass is 32.2. The van der Waals surface area contributed by atoms with E-state index >= 15 is 0 Å². The van der Waals surface area contributed by atoms with Crippen LogP contribution in [-0.2, 0) is 9.53 Å². The first-order chi connectivity index (χ1) is 18.0. The number of carbonyl (C=O) groups is 1. The van der Waals surface area contributed by atoms with Gasteiger partial charge in [-0.15, -0.1) is 11.8 Å². The van der Waals surface area contributed by atoms with Crippen molar-refractivity contribution in [2.75, 3.05) is 12.9 Å². The summed E-state index contributed by atoms with van der Waals surface area (Å²) in [5.41, 5.74) is 2.59. The summed E-state index contributed by atoms with van der Waals surface area (Å²) in [5, 5.41) is 0. The van der Waals surface area contributed by atoms with Crippen LogP contribution in [0.2, 0.25) is 0 Å². The normalized spacial score (nSPS) is 15.3. The van der Waals surface area contributed by atoms with Crippen LogP contribution < -0.4 is 14.9 Å². The average Bonchev–Trinajstić information content (AvgIpc) is 3.23. The smallest absolute Gasteiger partial charge is 0.338 e. The number of hydrogen-bond donors (Lipinski definition) is 0. The lowest BCUT2D eigenvalue weighted by Crippen LogP contribution is -2.40. The number of thiazole rings is 1. The fourth-order valence-electron chi connectivity index (χ4n) is 4.25. The van der Waals surface area contributed by atoms with E-state index in [1.807, 2.05) is 66.9 Å². The molecule has 37 heavy (non-hydrogen) atoms. The maximum atomic E-state index is 13.9. The summed E-state index contributed by atoms with van der Waals surface area (Å²) >= 11 is 2.90. The van der Waals surface area contributed by atoms with Crippen LogP contribution in [0.25, 0.3) is 11.8 Å². The minimum Gasteiger partial charge on any atom is -0.463 e. The highest BCUT2D eigenvalue weighted by molar-refractivity contribution is 7.98. The van der Waals surface area contributed by atoms with Crippen molar-refractivity contribution in [1.29, 1.82) is 0 Å².